The molecule has 7 nitrogen and oxygen atoms in total. The predicted molar refractivity (Wildman–Crippen MR) is 136 cm³/mol. The van der Waals surface area contributed by atoms with Gasteiger partial charge in [0, 0.05) is 24.2 Å². The number of thiazole rings is 1. The van der Waals surface area contributed by atoms with Crippen LogP contribution in [0.15, 0.2) is 30.5 Å². The number of nitrogens with zero attached hydrogens (tertiary/aromatic N) is 6. The van der Waals surface area contributed by atoms with Crippen molar-refractivity contribution in [3.8, 4) is 16.9 Å². The molecule has 1 aliphatic carbocycles. The maximum Gasteiger partial charge on any atom is 0.416 e. The van der Waals surface area contributed by atoms with Gasteiger partial charge in [0.2, 0.25) is 5.82 Å². The van der Waals surface area contributed by atoms with E-state index in [4.69, 9.17) is 4.98 Å². The minimum Gasteiger partial charge on any atom is -0.368 e. The van der Waals surface area contributed by atoms with Gasteiger partial charge < -0.3 is 9.88 Å². The van der Waals surface area contributed by atoms with Crippen molar-refractivity contribution in [1.82, 2.24) is 24.5 Å². The molecule has 0 bridgehead atoms. The lowest BCUT2D eigenvalue weighted by Gasteiger charge is -2.25. The van der Waals surface area contributed by atoms with Gasteiger partial charge >= 0.3 is 6.18 Å². The Morgan fingerprint density at radius 3 is 2.51 bits per heavy atom. The fourth-order valence-corrected chi connectivity index (χ4v) is 5.26. The molecule has 3 aromatic heterocycles. The molecular weight excluding hydrogens is 499 g/mol. The average molecular weight is 526 g/mol. The van der Waals surface area contributed by atoms with Crippen molar-refractivity contribution in [2.45, 2.75) is 58.2 Å². The van der Waals surface area contributed by atoms with Crippen molar-refractivity contribution >= 4 is 28.3 Å². The molecule has 3 heterocycles. The first-order chi connectivity index (χ1) is 17.7. The second-order valence-electron chi connectivity index (χ2n) is 9.63. The largest absolute Gasteiger partial charge is 0.416 e. The Bertz CT molecular complexity index is 1440. The van der Waals surface area contributed by atoms with Crippen LogP contribution < -0.4 is 5.32 Å². The molecule has 4 aromatic rings. The zero-order chi connectivity index (χ0) is 26.2. The molecule has 0 radical (unpaired) electrons. The molecule has 11 heteroatoms. The number of rotatable bonds is 8. The van der Waals surface area contributed by atoms with Crippen molar-refractivity contribution in [1.29, 1.82) is 5.26 Å². The van der Waals surface area contributed by atoms with E-state index in [1.54, 1.807) is 0 Å². The number of hydrogen-bond acceptors (Lipinski definition) is 7. The molecule has 0 amide bonds. The maximum absolute atomic E-state index is 13.1. The van der Waals surface area contributed by atoms with Gasteiger partial charge in [-0.15, -0.1) is 11.3 Å². The van der Waals surface area contributed by atoms with E-state index in [0.29, 0.717) is 45.8 Å². The van der Waals surface area contributed by atoms with Crippen LogP contribution in [0.4, 0.5) is 19.0 Å². The smallest absolute Gasteiger partial charge is 0.368 e. The van der Waals surface area contributed by atoms with Gasteiger partial charge in [0.15, 0.2) is 22.3 Å². The lowest BCUT2D eigenvalue weighted by Crippen LogP contribution is -2.17. The van der Waals surface area contributed by atoms with E-state index in [9.17, 15) is 18.4 Å². The summed E-state index contributed by atoms with van der Waals surface area (Å²) in [6.45, 7) is 5.10. The Morgan fingerprint density at radius 2 is 1.92 bits per heavy atom. The first-order valence-corrected chi connectivity index (χ1v) is 13.1. The number of aromatic nitrogens is 5. The first-order valence-electron chi connectivity index (χ1n) is 12.3. The van der Waals surface area contributed by atoms with Crippen LogP contribution in [0, 0.1) is 17.2 Å². The molecule has 1 aromatic carbocycles. The van der Waals surface area contributed by atoms with Gasteiger partial charge in [-0.25, -0.2) is 9.97 Å². The Balaban J connectivity index is 1.60. The molecule has 1 saturated carbocycles. The molecule has 5 rings (SSSR count). The van der Waals surface area contributed by atoms with Crippen LogP contribution in [0.1, 0.15) is 67.3 Å². The van der Waals surface area contributed by atoms with Crippen LogP contribution >= 0.6 is 11.3 Å². The molecule has 0 atom stereocenters. The Morgan fingerprint density at radius 1 is 1.16 bits per heavy atom. The zero-order valence-corrected chi connectivity index (χ0v) is 21.3. The SMILES string of the molecule is CC(C)c1cnc(-c2nc3nc(C#N)nc(NCCC4CCC4)c3n2Cc2ccc(C(F)(F)F)cc2)s1. The highest BCUT2D eigenvalue weighted by molar-refractivity contribution is 7.15. The lowest BCUT2D eigenvalue weighted by molar-refractivity contribution is -0.137. The summed E-state index contributed by atoms with van der Waals surface area (Å²) < 4.78 is 41.2. The predicted octanol–water partition coefficient (Wildman–Crippen LogP) is 6.61. The van der Waals surface area contributed by atoms with Crippen LogP contribution in [-0.4, -0.2) is 31.0 Å². The van der Waals surface area contributed by atoms with Crippen molar-refractivity contribution in [2.24, 2.45) is 5.92 Å². The van der Waals surface area contributed by atoms with Crippen molar-refractivity contribution in [2.75, 3.05) is 11.9 Å². The topological polar surface area (TPSA) is 92.3 Å². The minimum absolute atomic E-state index is 0.00591. The van der Waals surface area contributed by atoms with E-state index in [-0.39, 0.29) is 18.3 Å². The van der Waals surface area contributed by atoms with Crippen LogP contribution in [-0.2, 0) is 12.7 Å². The number of halogens is 3. The summed E-state index contributed by atoms with van der Waals surface area (Å²) in [6.07, 6.45) is 2.12. The van der Waals surface area contributed by atoms with Gasteiger partial charge in [0.1, 0.15) is 11.6 Å². The van der Waals surface area contributed by atoms with Crippen LogP contribution in [0.25, 0.3) is 22.0 Å². The summed E-state index contributed by atoms with van der Waals surface area (Å²) in [5, 5.41) is 13.6. The average Bonchev–Trinajstić information content (AvgIpc) is 3.46. The second kappa shape index (κ2) is 10.1. The molecule has 0 unspecified atom stereocenters. The zero-order valence-electron chi connectivity index (χ0n) is 20.5. The third kappa shape index (κ3) is 5.30. The molecule has 192 valence electrons. The van der Waals surface area contributed by atoms with Gasteiger partial charge in [-0.2, -0.15) is 28.4 Å². The standard InChI is InChI=1S/C26H26F3N7S/c1-15(2)19-13-32-25(37-19)24-35-23-21(36(24)14-17-6-8-18(9-7-17)26(27,28)29)22(33-20(12-30)34-23)31-11-10-16-4-3-5-16/h6-9,13,15-16H,3-5,10-11,14H2,1-2H3,(H,31,33,34). The third-order valence-electron chi connectivity index (χ3n) is 6.68. The van der Waals surface area contributed by atoms with Gasteiger partial charge in [-0.05, 0) is 36.0 Å². The van der Waals surface area contributed by atoms with Crippen molar-refractivity contribution in [3.63, 3.8) is 0 Å². The second-order valence-corrected chi connectivity index (χ2v) is 10.7. The molecule has 37 heavy (non-hydrogen) atoms. The van der Waals surface area contributed by atoms with Crippen LogP contribution in [0.3, 0.4) is 0 Å². The molecule has 0 aliphatic heterocycles. The van der Waals surface area contributed by atoms with E-state index < -0.39 is 11.7 Å². The number of anilines is 1. The van der Waals surface area contributed by atoms with Gasteiger partial charge in [0.25, 0.3) is 0 Å². The normalized spacial score (nSPS) is 14.2. The summed E-state index contributed by atoms with van der Waals surface area (Å²) >= 11 is 1.51. The number of nitriles is 1. The fourth-order valence-electron chi connectivity index (χ4n) is 4.34. The summed E-state index contributed by atoms with van der Waals surface area (Å²) in [5.41, 5.74) is 0.914. The summed E-state index contributed by atoms with van der Waals surface area (Å²) in [5.74, 6) is 2.02. The molecule has 1 fully saturated rings. The number of alkyl halides is 3. The highest BCUT2D eigenvalue weighted by Gasteiger charge is 2.30. The van der Waals surface area contributed by atoms with E-state index in [1.807, 2.05) is 16.8 Å². The molecular formula is C26H26F3N7S. The summed E-state index contributed by atoms with van der Waals surface area (Å²) in [7, 11) is 0. The minimum atomic E-state index is -4.40. The highest BCUT2D eigenvalue weighted by atomic mass is 32.1. The Labute approximate surface area is 216 Å². The molecule has 0 saturated heterocycles. The number of imidazole rings is 1. The highest BCUT2D eigenvalue weighted by Crippen LogP contribution is 2.35. The number of hydrogen-bond donors (Lipinski definition) is 1. The van der Waals surface area contributed by atoms with E-state index in [0.717, 1.165) is 23.4 Å². The third-order valence-corrected chi connectivity index (χ3v) is 7.97. The van der Waals surface area contributed by atoms with E-state index >= 15 is 0 Å². The number of benzene rings is 1. The maximum atomic E-state index is 13.1. The first kappa shape index (κ1) is 25.1. The number of nitrogens with one attached hydrogen (secondary N) is 1. The van der Waals surface area contributed by atoms with Gasteiger partial charge in [0.05, 0.1) is 5.56 Å². The quantitative estimate of drug-likeness (QED) is 0.278. The van der Waals surface area contributed by atoms with Crippen LogP contribution in [0.5, 0.6) is 0 Å². The Hall–Kier alpha value is -3.52. The van der Waals surface area contributed by atoms with E-state index in [1.165, 1.54) is 42.7 Å². The Kier molecular flexibility index (Phi) is 6.86. The van der Waals surface area contributed by atoms with E-state index in [2.05, 4.69) is 34.1 Å². The molecule has 1 aliphatic rings. The monoisotopic (exact) mass is 525 g/mol. The summed E-state index contributed by atoms with van der Waals surface area (Å²) in [4.78, 5) is 19.2. The summed E-state index contributed by atoms with van der Waals surface area (Å²) in [6, 6.07) is 7.10. The van der Waals surface area contributed by atoms with Crippen LogP contribution in [0.2, 0.25) is 0 Å². The molecule has 1 N–H and O–H groups in total. The van der Waals surface area contributed by atoms with Gasteiger partial charge in [-0.1, -0.05) is 45.2 Å². The number of fused-ring (bicyclic) bond motifs is 1. The van der Waals surface area contributed by atoms with Crippen molar-refractivity contribution in [3.05, 3.63) is 52.3 Å². The molecule has 0 spiro atoms. The van der Waals surface area contributed by atoms with Crippen molar-refractivity contribution < 1.29 is 13.2 Å². The van der Waals surface area contributed by atoms with Gasteiger partial charge in [-0.3, -0.25) is 0 Å². The lowest BCUT2D eigenvalue weighted by atomic mass is 9.83. The fraction of sp³-hybridized carbons (Fsp3) is 0.423.